The first-order valence-electron chi connectivity index (χ1n) is 7.90. The molecule has 2 N–H and O–H groups in total. The third kappa shape index (κ3) is 4.19. The number of methoxy groups -OCH3 is 1. The Balaban J connectivity index is 1.82. The van der Waals surface area contributed by atoms with Gasteiger partial charge < -0.3 is 15.4 Å². The van der Waals surface area contributed by atoms with Crippen LogP contribution in [-0.2, 0) is 17.6 Å². The SMILES string of the molecule is COC(=O)c1c(NC(=S)Nc2ccc(Br)cn2)sc2c1CC[C@@H](C)C2. The first-order chi connectivity index (χ1) is 12.0. The molecule has 1 aliphatic carbocycles. The highest BCUT2D eigenvalue weighted by Crippen LogP contribution is 2.40. The molecule has 0 spiro atoms. The van der Waals surface area contributed by atoms with Crippen LogP contribution in [0, 0.1) is 5.92 Å². The summed E-state index contributed by atoms with van der Waals surface area (Å²) in [5, 5.41) is 7.31. The molecule has 0 radical (unpaired) electrons. The van der Waals surface area contributed by atoms with E-state index in [0.29, 0.717) is 22.4 Å². The van der Waals surface area contributed by atoms with Crippen LogP contribution in [0.25, 0.3) is 0 Å². The second-order valence-electron chi connectivity index (χ2n) is 5.99. The van der Waals surface area contributed by atoms with Gasteiger partial charge in [0.25, 0.3) is 0 Å². The zero-order valence-corrected chi connectivity index (χ0v) is 17.1. The van der Waals surface area contributed by atoms with Gasteiger partial charge in [-0.1, -0.05) is 6.92 Å². The number of thiophene rings is 1. The Morgan fingerprint density at radius 3 is 2.92 bits per heavy atom. The summed E-state index contributed by atoms with van der Waals surface area (Å²) in [6.07, 6.45) is 4.66. The molecule has 1 atom stereocenters. The van der Waals surface area contributed by atoms with Gasteiger partial charge in [-0.2, -0.15) is 0 Å². The Morgan fingerprint density at radius 2 is 2.24 bits per heavy atom. The van der Waals surface area contributed by atoms with Crippen molar-refractivity contribution in [3.05, 3.63) is 38.8 Å². The smallest absolute Gasteiger partial charge is 0.341 e. The second kappa shape index (κ2) is 7.80. The van der Waals surface area contributed by atoms with Gasteiger partial charge in [-0.15, -0.1) is 11.3 Å². The van der Waals surface area contributed by atoms with Crippen LogP contribution in [0.3, 0.4) is 0 Å². The molecule has 0 bridgehead atoms. The number of halogens is 1. The number of thiocarbonyl (C=S) groups is 1. The zero-order valence-electron chi connectivity index (χ0n) is 13.9. The molecule has 1 aliphatic rings. The number of anilines is 2. The van der Waals surface area contributed by atoms with Crippen molar-refractivity contribution in [3.63, 3.8) is 0 Å². The third-order valence-corrected chi connectivity index (χ3v) is 5.94. The summed E-state index contributed by atoms with van der Waals surface area (Å²) < 4.78 is 5.88. The number of nitrogens with zero attached hydrogens (tertiary/aromatic N) is 1. The molecule has 0 aromatic carbocycles. The minimum absolute atomic E-state index is 0.320. The van der Waals surface area contributed by atoms with E-state index in [1.807, 2.05) is 12.1 Å². The van der Waals surface area contributed by atoms with Crippen molar-refractivity contribution in [1.82, 2.24) is 4.98 Å². The lowest BCUT2D eigenvalue weighted by Gasteiger charge is -2.18. The van der Waals surface area contributed by atoms with Crippen molar-refractivity contribution in [3.8, 4) is 0 Å². The molecule has 2 aromatic heterocycles. The quantitative estimate of drug-likeness (QED) is 0.536. The first kappa shape index (κ1) is 18.3. The fourth-order valence-electron chi connectivity index (χ4n) is 2.86. The molecule has 2 aromatic rings. The van der Waals surface area contributed by atoms with E-state index in [1.165, 1.54) is 12.0 Å². The Labute approximate surface area is 164 Å². The van der Waals surface area contributed by atoms with E-state index in [1.54, 1.807) is 17.5 Å². The molecule has 0 amide bonds. The molecule has 0 saturated carbocycles. The van der Waals surface area contributed by atoms with E-state index >= 15 is 0 Å². The fraction of sp³-hybridized carbons (Fsp3) is 0.353. The maximum Gasteiger partial charge on any atom is 0.341 e. The summed E-state index contributed by atoms with van der Waals surface area (Å²) >= 11 is 10.3. The average molecular weight is 440 g/mol. The van der Waals surface area contributed by atoms with Gasteiger partial charge >= 0.3 is 5.97 Å². The van der Waals surface area contributed by atoms with Crippen molar-refractivity contribution in [2.75, 3.05) is 17.7 Å². The third-order valence-electron chi connectivity index (χ3n) is 4.10. The van der Waals surface area contributed by atoms with Crippen LogP contribution in [-0.4, -0.2) is 23.2 Å². The molecular weight excluding hydrogens is 422 g/mol. The minimum atomic E-state index is -0.320. The van der Waals surface area contributed by atoms with E-state index in [2.05, 4.69) is 38.5 Å². The predicted octanol–water partition coefficient (Wildman–Crippen LogP) is 4.63. The van der Waals surface area contributed by atoms with E-state index in [0.717, 1.165) is 34.3 Å². The molecule has 25 heavy (non-hydrogen) atoms. The molecule has 0 unspecified atom stereocenters. The number of carbonyl (C=O) groups excluding carboxylic acids is 1. The van der Waals surface area contributed by atoms with Crippen LogP contribution in [0.4, 0.5) is 10.8 Å². The maximum absolute atomic E-state index is 12.3. The molecule has 8 heteroatoms. The number of pyridine rings is 1. The van der Waals surface area contributed by atoms with Crippen molar-refractivity contribution in [2.24, 2.45) is 5.92 Å². The zero-order chi connectivity index (χ0) is 18.0. The van der Waals surface area contributed by atoms with E-state index in [9.17, 15) is 4.79 Å². The first-order valence-corrected chi connectivity index (χ1v) is 9.92. The van der Waals surface area contributed by atoms with Gasteiger partial charge in [0.2, 0.25) is 0 Å². The van der Waals surface area contributed by atoms with Crippen molar-refractivity contribution < 1.29 is 9.53 Å². The molecule has 0 saturated heterocycles. The minimum Gasteiger partial charge on any atom is -0.465 e. The summed E-state index contributed by atoms with van der Waals surface area (Å²) in [7, 11) is 1.41. The van der Waals surface area contributed by atoms with Crippen LogP contribution in [0.5, 0.6) is 0 Å². The Morgan fingerprint density at radius 1 is 1.44 bits per heavy atom. The van der Waals surface area contributed by atoms with Crippen LogP contribution < -0.4 is 10.6 Å². The highest BCUT2D eigenvalue weighted by atomic mass is 79.9. The topological polar surface area (TPSA) is 63.2 Å². The number of fused-ring (bicyclic) bond motifs is 1. The molecule has 5 nitrogen and oxygen atoms in total. The Kier molecular flexibility index (Phi) is 5.71. The van der Waals surface area contributed by atoms with Crippen LogP contribution >= 0.6 is 39.5 Å². The number of hydrogen-bond donors (Lipinski definition) is 2. The van der Waals surface area contributed by atoms with Gasteiger partial charge in [0.05, 0.1) is 12.7 Å². The van der Waals surface area contributed by atoms with Crippen molar-refractivity contribution >= 4 is 61.4 Å². The van der Waals surface area contributed by atoms with E-state index in [-0.39, 0.29) is 5.97 Å². The van der Waals surface area contributed by atoms with Crippen LogP contribution in [0.2, 0.25) is 0 Å². The molecular formula is C17H18BrN3O2S2. The summed E-state index contributed by atoms with van der Waals surface area (Å²) in [5.74, 6) is 0.941. The Bertz CT molecular complexity index is 805. The number of hydrogen-bond acceptors (Lipinski definition) is 5. The van der Waals surface area contributed by atoms with E-state index < -0.39 is 0 Å². The molecule has 3 rings (SSSR count). The predicted molar refractivity (Wildman–Crippen MR) is 109 cm³/mol. The lowest BCUT2D eigenvalue weighted by Crippen LogP contribution is -2.21. The maximum atomic E-state index is 12.3. The number of nitrogens with one attached hydrogen (secondary N) is 2. The second-order valence-corrected chi connectivity index (χ2v) is 8.42. The fourth-order valence-corrected chi connectivity index (χ4v) is 4.77. The lowest BCUT2D eigenvalue weighted by molar-refractivity contribution is 0.0601. The molecule has 0 fully saturated rings. The number of esters is 1. The average Bonchev–Trinajstić information content (AvgIpc) is 2.92. The standard InChI is InChI=1S/C17H18BrN3O2S2/c1-9-3-5-11-12(7-9)25-15(14(11)16(22)23-2)21-17(24)20-13-6-4-10(18)8-19-13/h4,6,8-9H,3,5,7H2,1-2H3,(H2,19,20,21,24)/t9-/m1/s1. The lowest BCUT2D eigenvalue weighted by atomic mass is 9.88. The summed E-state index contributed by atoms with van der Waals surface area (Å²) in [6, 6.07) is 3.70. The summed E-state index contributed by atoms with van der Waals surface area (Å²) in [4.78, 5) is 17.8. The van der Waals surface area contributed by atoms with Gasteiger partial charge in [-0.25, -0.2) is 9.78 Å². The van der Waals surface area contributed by atoms with Crippen molar-refractivity contribution in [1.29, 1.82) is 0 Å². The number of carbonyl (C=O) groups is 1. The summed E-state index contributed by atoms with van der Waals surface area (Å²) in [6.45, 7) is 2.24. The largest absolute Gasteiger partial charge is 0.465 e. The van der Waals surface area contributed by atoms with Gasteiger partial charge in [-0.05, 0) is 71.0 Å². The highest BCUT2D eigenvalue weighted by molar-refractivity contribution is 9.10. The number of ether oxygens (including phenoxy) is 1. The highest BCUT2D eigenvalue weighted by Gasteiger charge is 2.28. The van der Waals surface area contributed by atoms with Gasteiger partial charge in [0, 0.05) is 15.5 Å². The number of aromatic nitrogens is 1. The van der Waals surface area contributed by atoms with Crippen LogP contribution in [0.15, 0.2) is 22.8 Å². The monoisotopic (exact) mass is 439 g/mol. The molecule has 132 valence electrons. The summed E-state index contributed by atoms with van der Waals surface area (Å²) in [5.41, 5.74) is 1.71. The van der Waals surface area contributed by atoms with Crippen LogP contribution in [0.1, 0.15) is 34.1 Å². The van der Waals surface area contributed by atoms with E-state index in [4.69, 9.17) is 17.0 Å². The number of rotatable bonds is 3. The van der Waals surface area contributed by atoms with Gasteiger partial charge in [-0.3, -0.25) is 0 Å². The Hall–Kier alpha value is -1.51. The van der Waals surface area contributed by atoms with Crippen molar-refractivity contribution in [2.45, 2.75) is 26.2 Å². The molecule has 2 heterocycles. The normalized spacial score (nSPS) is 16.0. The van der Waals surface area contributed by atoms with Gasteiger partial charge in [0.15, 0.2) is 5.11 Å². The van der Waals surface area contributed by atoms with Gasteiger partial charge in [0.1, 0.15) is 10.8 Å². The molecule has 0 aliphatic heterocycles.